The average molecular weight is 366 g/mol. The van der Waals surface area contributed by atoms with E-state index in [4.69, 9.17) is 4.98 Å². The maximum Gasteiger partial charge on any atom is 0.328 e. The average Bonchev–Trinajstić information content (AvgIpc) is 3.28. The predicted molar refractivity (Wildman–Crippen MR) is 98.1 cm³/mol. The molecule has 5 heterocycles. The first kappa shape index (κ1) is 16.2. The zero-order chi connectivity index (χ0) is 18.5. The Bertz CT molecular complexity index is 1050. The molecular formula is C19H19FN6O. The van der Waals surface area contributed by atoms with E-state index in [0.29, 0.717) is 17.6 Å². The van der Waals surface area contributed by atoms with Crippen molar-refractivity contribution in [2.24, 2.45) is 0 Å². The molecule has 7 nitrogen and oxygen atoms in total. The zero-order valence-electron chi connectivity index (χ0n) is 14.9. The fraction of sp³-hybridized carbons (Fsp3) is 0.368. The van der Waals surface area contributed by atoms with Crippen LogP contribution >= 0.6 is 0 Å². The van der Waals surface area contributed by atoms with Crippen LogP contribution in [0.1, 0.15) is 37.1 Å². The van der Waals surface area contributed by atoms with Gasteiger partial charge in [-0.25, -0.2) is 23.7 Å². The quantitative estimate of drug-likeness (QED) is 0.662. The second-order valence-corrected chi connectivity index (χ2v) is 7.22. The fourth-order valence-electron chi connectivity index (χ4n) is 4.12. The van der Waals surface area contributed by atoms with Gasteiger partial charge in [-0.2, -0.15) is 0 Å². The molecule has 2 atom stereocenters. The normalized spacial score (nSPS) is 22.1. The van der Waals surface area contributed by atoms with E-state index in [9.17, 15) is 9.18 Å². The van der Waals surface area contributed by atoms with Crippen molar-refractivity contribution in [2.45, 2.75) is 38.3 Å². The number of nitrogens with one attached hydrogen (secondary N) is 1. The number of aromatic nitrogens is 4. The van der Waals surface area contributed by atoms with Crippen molar-refractivity contribution in [3.63, 3.8) is 0 Å². The van der Waals surface area contributed by atoms with Crippen LogP contribution in [0.5, 0.6) is 0 Å². The summed E-state index contributed by atoms with van der Waals surface area (Å²) in [6.07, 6.45) is 5.18. The van der Waals surface area contributed by atoms with Gasteiger partial charge in [-0.15, -0.1) is 0 Å². The predicted octanol–water partition coefficient (Wildman–Crippen LogP) is 2.81. The molecule has 1 saturated heterocycles. The Balaban J connectivity index is 1.72. The number of rotatable bonds is 0. The third-order valence-electron chi connectivity index (χ3n) is 5.34. The minimum Gasteiger partial charge on any atom is -0.349 e. The highest BCUT2D eigenvalue weighted by Gasteiger charge is 2.31. The van der Waals surface area contributed by atoms with Crippen LogP contribution in [0, 0.1) is 5.82 Å². The van der Waals surface area contributed by atoms with Gasteiger partial charge < -0.3 is 10.2 Å². The number of hydrogen-bond acceptors (Lipinski definition) is 5. The lowest BCUT2D eigenvalue weighted by molar-refractivity contribution is 0.240. The van der Waals surface area contributed by atoms with Crippen molar-refractivity contribution in [3.8, 4) is 0 Å². The molecule has 3 aromatic rings. The number of carbonyl (C=O) groups excluding carboxylic acids is 1. The lowest BCUT2D eigenvalue weighted by Gasteiger charge is -2.28. The van der Waals surface area contributed by atoms with Crippen molar-refractivity contribution < 1.29 is 9.18 Å². The van der Waals surface area contributed by atoms with Crippen LogP contribution < -0.4 is 10.2 Å². The highest BCUT2D eigenvalue weighted by molar-refractivity contribution is 5.87. The van der Waals surface area contributed by atoms with E-state index in [-0.39, 0.29) is 23.9 Å². The summed E-state index contributed by atoms with van der Waals surface area (Å²) in [4.78, 5) is 28.2. The number of amides is 1. The minimum absolute atomic E-state index is 0.0202. The number of halogens is 1. The van der Waals surface area contributed by atoms with Crippen molar-refractivity contribution in [1.29, 1.82) is 0 Å². The van der Waals surface area contributed by atoms with Gasteiger partial charge in [-0.05, 0) is 43.5 Å². The SMILES string of the molecule is C[C@H]1Cc2ncc(F)cc2[C@H]2CCCN2c2ccc3ncn(c3n2)C(=O)N1. The smallest absolute Gasteiger partial charge is 0.328 e. The molecule has 3 aromatic heterocycles. The van der Waals surface area contributed by atoms with Crippen LogP contribution in [0.2, 0.25) is 0 Å². The topological polar surface area (TPSA) is 75.9 Å². The Labute approximate surface area is 155 Å². The third kappa shape index (κ3) is 2.63. The van der Waals surface area contributed by atoms with E-state index < -0.39 is 0 Å². The Hall–Kier alpha value is -3.03. The maximum atomic E-state index is 14.0. The molecule has 0 unspecified atom stereocenters. The molecule has 1 fully saturated rings. The van der Waals surface area contributed by atoms with Gasteiger partial charge >= 0.3 is 6.03 Å². The summed E-state index contributed by atoms with van der Waals surface area (Å²) in [6.45, 7) is 2.75. The van der Waals surface area contributed by atoms with E-state index in [0.717, 1.165) is 36.5 Å². The number of fused-ring (bicyclic) bond motifs is 5. The molecule has 0 aliphatic carbocycles. The van der Waals surface area contributed by atoms with Crippen molar-refractivity contribution >= 4 is 23.0 Å². The third-order valence-corrected chi connectivity index (χ3v) is 5.34. The Morgan fingerprint density at radius 1 is 1.30 bits per heavy atom. The summed E-state index contributed by atoms with van der Waals surface area (Å²) in [5.74, 6) is 0.425. The van der Waals surface area contributed by atoms with Crippen LogP contribution in [-0.4, -0.2) is 38.1 Å². The Morgan fingerprint density at radius 2 is 2.19 bits per heavy atom. The highest BCUT2D eigenvalue weighted by Crippen LogP contribution is 2.37. The first-order valence-electron chi connectivity index (χ1n) is 9.16. The first-order chi connectivity index (χ1) is 13.1. The molecule has 0 aromatic carbocycles. The van der Waals surface area contributed by atoms with Gasteiger partial charge in [0.2, 0.25) is 0 Å². The summed E-state index contributed by atoms with van der Waals surface area (Å²) < 4.78 is 15.5. The van der Waals surface area contributed by atoms with Crippen LogP contribution in [0.25, 0.3) is 11.2 Å². The van der Waals surface area contributed by atoms with Crippen molar-refractivity contribution in [2.75, 3.05) is 11.4 Å². The molecular weight excluding hydrogens is 347 g/mol. The molecule has 2 bridgehead atoms. The Morgan fingerprint density at radius 3 is 3.07 bits per heavy atom. The maximum absolute atomic E-state index is 14.0. The summed E-state index contributed by atoms with van der Waals surface area (Å²) >= 11 is 0. The van der Waals surface area contributed by atoms with Crippen LogP contribution in [0.3, 0.4) is 0 Å². The number of anilines is 1. The number of imidazole rings is 1. The van der Waals surface area contributed by atoms with E-state index in [1.807, 2.05) is 19.1 Å². The number of carbonyl (C=O) groups is 1. The molecule has 5 rings (SSSR count). The second kappa shape index (κ2) is 6.00. The van der Waals surface area contributed by atoms with Gasteiger partial charge in [0.05, 0.1) is 12.2 Å². The van der Waals surface area contributed by atoms with Crippen molar-refractivity contribution in [3.05, 3.63) is 47.8 Å². The van der Waals surface area contributed by atoms with E-state index >= 15 is 0 Å². The van der Waals surface area contributed by atoms with Crippen molar-refractivity contribution in [1.82, 2.24) is 24.8 Å². The molecule has 8 heteroatoms. The molecule has 0 saturated carbocycles. The minimum atomic E-state index is -0.342. The molecule has 0 radical (unpaired) electrons. The monoisotopic (exact) mass is 366 g/mol. The summed E-state index contributed by atoms with van der Waals surface area (Å²) in [7, 11) is 0. The number of pyridine rings is 2. The number of nitrogens with zero attached hydrogens (tertiary/aromatic N) is 5. The van der Waals surface area contributed by atoms with E-state index in [1.165, 1.54) is 17.1 Å². The number of hydrogen-bond donors (Lipinski definition) is 1. The second-order valence-electron chi connectivity index (χ2n) is 7.22. The van der Waals surface area contributed by atoms with Crippen LogP contribution in [0.15, 0.2) is 30.7 Å². The summed E-state index contributed by atoms with van der Waals surface area (Å²) in [5.41, 5.74) is 2.89. The molecule has 2 aliphatic rings. The van der Waals surface area contributed by atoms with Gasteiger partial charge in [-0.3, -0.25) is 4.98 Å². The summed E-state index contributed by atoms with van der Waals surface area (Å²) in [5, 5.41) is 2.96. The van der Waals surface area contributed by atoms with Gasteiger partial charge in [0, 0.05) is 24.7 Å². The largest absolute Gasteiger partial charge is 0.349 e. The van der Waals surface area contributed by atoms with Crippen LogP contribution in [-0.2, 0) is 6.42 Å². The summed E-state index contributed by atoms with van der Waals surface area (Å²) in [6, 6.07) is 4.94. The van der Waals surface area contributed by atoms with E-state index in [1.54, 1.807) is 6.07 Å². The zero-order valence-corrected chi connectivity index (χ0v) is 14.9. The molecule has 2 aliphatic heterocycles. The van der Waals surface area contributed by atoms with Gasteiger partial charge in [-0.1, -0.05) is 0 Å². The lowest BCUT2D eigenvalue weighted by Crippen LogP contribution is -2.38. The van der Waals surface area contributed by atoms with Gasteiger partial charge in [0.15, 0.2) is 5.65 Å². The lowest BCUT2D eigenvalue weighted by atomic mass is 9.98. The fourth-order valence-corrected chi connectivity index (χ4v) is 4.12. The first-order valence-corrected chi connectivity index (χ1v) is 9.16. The molecule has 138 valence electrons. The van der Waals surface area contributed by atoms with Gasteiger partial charge in [0.25, 0.3) is 0 Å². The molecule has 1 amide bonds. The molecule has 0 spiro atoms. The molecule has 1 N–H and O–H groups in total. The van der Waals surface area contributed by atoms with Gasteiger partial charge in [0.1, 0.15) is 23.5 Å². The standard InChI is InChI=1S/C19H19FN6O/c1-11-7-15-13(8-12(20)9-21-15)16-3-2-6-25(16)17-5-4-14-18(24-17)26(10-22-14)19(27)23-11/h4-5,8-11,16H,2-3,6-7H2,1H3,(H,23,27)/t11-,16+/m0/s1. The Kier molecular flexibility index (Phi) is 3.60. The van der Waals surface area contributed by atoms with E-state index in [2.05, 4.69) is 20.2 Å². The van der Waals surface area contributed by atoms with Crippen LogP contribution in [0.4, 0.5) is 15.0 Å². The highest BCUT2D eigenvalue weighted by atomic mass is 19.1. The molecule has 27 heavy (non-hydrogen) atoms.